The number of nitrogens with one attached hydrogen (secondary N) is 1. The number of aryl methyl sites for hydroxylation is 1. The topological polar surface area (TPSA) is 90.0 Å². The Morgan fingerprint density at radius 3 is 2.57 bits per heavy atom. The molecule has 0 aliphatic heterocycles. The standard InChI is InChI=1S/C21H24N4O2S/c1-28-14-12-17(24-21(27)15-7-3-2-4-8-15)20-23-16-9-5-6-10-18(16)25(20)13-11-19(22)26/h2-10,17H,11-14H2,1H3,(H2,22,26)(H,24,27)/t17-/m0/s1. The molecule has 0 saturated heterocycles. The zero-order chi connectivity index (χ0) is 19.9. The number of benzene rings is 2. The van der Waals surface area contributed by atoms with E-state index in [-0.39, 0.29) is 24.3 Å². The van der Waals surface area contributed by atoms with E-state index in [1.165, 1.54) is 0 Å². The summed E-state index contributed by atoms with van der Waals surface area (Å²) < 4.78 is 2.00. The number of amides is 2. The first-order valence-corrected chi connectivity index (χ1v) is 10.6. The molecule has 2 aromatic carbocycles. The molecule has 0 unspecified atom stereocenters. The molecule has 3 rings (SSSR count). The second kappa shape index (κ2) is 9.41. The van der Waals surface area contributed by atoms with Crippen molar-refractivity contribution in [3.63, 3.8) is 0 Å². The largest absolute Gasteiger partial charge is 0.370 e. The molecule has 1 heterocycles. The monoisotopic (exact) mass is 396 g/mol. The van der Waals surface area contributed by atoms with E-state index in [1.54, 1.807) is 23.9 Å². The van der Waals surface area contributed by atoms with E-state index in [9.17, 15) is 9.59 Å². The summed E-state index contributed by atoms with van der Waals surface area (Å²) >= 11 is 1.72. The average Bonchev–Trinajstić information content (AvgIpc) is 3.08. The molecule has 1 atom stereocenters. The fourth-order valence-corrected chi connectivity index (χ4v) is 3.62. The summed E-state index contributed by atoms with van der Waals surface area (Å²) in [5.74, 6) is 1.12. The number of rotatable bonds is 9. The smallest absolute Gasteiger partial charge is 0.251 e. The average molecular weight is 397 g/mol. The first kappa shape index (κ1) is 19.9. The van der Waals surface area contributed by atoms with Crippen LogP contribution in [0, 0.1) is 0 Å². The number of fused-ring (bicyclic) bond motifs is 1. The number of para-hydroxylation sites is 2. The van der Waals surface area contributed by atoms with Gasteiger partial charge in [0, 0.05) is 18.5 Å². The van der Waals surface area contributed by atoms with Crippen molar-refractivity contribution in [2.45, 2.75) is 25.4 Å². The maximum atomic E-state index is 12.8. The van der Waals surface area contributed by atoms with Crippen molar-refractivity contribution in [3.8, 4) is 0 Å². The van der Waals surface area contributed by atoms with Crippen LogP contribution in [0.15, 0.2) is 54.6 Å². The van der Waals surface area contributed by atoms with Crippen LogP contribution < -0.4 is 11.1 Å². The zero-order valence-corrected chi connectivity index (χ0v) is 16.6. The summed E-state index contributed by atoms with van der Waals surface area (Å²) in [6.45, 7) is 0.433. The molecule has 0 aliphatic rings. The molecule has 3 aromatic rings. The molecule has 0 spiro atoms. The number of nitrogens with two attached hydrogens (primary N) is 1. The van der Waals surface area contributed by atoms with Crippen molar-refractivity contribution in [2.75, 3.05) is 12.0 Å². The Bertz CT molecular complexity index is 955. The van der Waals surface area contributed by atoms with Crippen molar-refractivity contribution in [3.05, 3.63) is 66.0 Å². The molecule has 0 aliphatic carbocycles. The van der Waals surface area contributed by atoms with Crippen LogP contribution in [0.3, 0.4) is 0 Å². The predicted octanol–water partition coefficient (Wildman–Crippen LogP) is 3.14. The van der Waals surface area contributed by atoms with Gasteiger partial charge in [-0.2, -0.15) is 11.8 Å². The maximum Gasteiger partial charge on any atom is 0.251 e. The van der Waals surface area contributed by atoms with Crippen molar-refractivity contribution in [1.82, 2.24) is 14.9 Å². The summed E-state index contributed by atoms with van der Waals surface area (Å²) in [6.07, 6.45) is 2.99. The van der Waals surface area contributed by atoms with Gasteiger partial charge in [0.05, 0.1) is 17.1 Å². The quantitative estimate of drug-likeness (QED) is 0.581. The van der Waals surface area contributed by atoms with E-state index in [0.717, 1.165) is 29.0 Å². The summed E-state index contributed by atoms with van der Waals surface area (Å²) in [4.78, 5) is 28.9. The molecule has 146 valence electrons. The molecule has 3 N–H and O–H groups in total. The lowest BCUT2D eigenvalue weighted by atomic mass is 10.1. The van der Waals surface area contributed by atoms with Gasteiger partial charge in [0.1, 0.15) is 5.82 Å². The molecule has 2 amide bonds. The number of carbonyl (C=O) groups excluding carboxylic acids is 2. The van der Waals surface area contributed by atoms with E-state index in [2.05, 4.69) is 5.32 Å². The molecule has 7 heteroatoms. The van der Waals surface area contributed by atoms with Gasteiger partial charge in [-0.3, -0.25) is 9.59 Å². The van der Waals surface area contributed by atoms with Crippen LogP contribution in [0.25, 0.3) is 11.0 Å². The maximum absolute atomic E-state index is 12.8. The lowest BCUT2D eigenvalue weighted by Crippen LogP contribution is -2.31. The normalized spacial score (nSPS) is 12.0. The fraction of sp³-hybridized carbons (Fsp3) is 0.286. The molecular formula is C21H24N4O2S. The molecule has 28 heavy (non-hydrogen) atoms. The fourth-order valence-electron chi connectivity index (χ4n) is 3.15. The van der Waals surface area contributed by atoms with Crippen molar-refractivity contribution < 1.29 is 9.59 Å². The van der Waals surface area contributed by atoms with E-state index >= 15 is 0 Å². The van der Waals surface area contributed by atoms with Gasteiger partial charge >= 0.3 is 0 Å². The Morgan fingerprint density at radius 1 is 1.14 bits per heavy atom. The Balaban J connectivity index is 1.96. The third-order valence-corrected chi connectivity index (χ3v) is 5.17. The van der Waals surface area contributed by atoms with Crippen LogP contribution in [0.1, 0.15) is 35.1 Å². The van der Waals surface area contributed by atoms with Crippen molar-refractivity contribution in [2.24, 2.45) is 5.73 Å². The summed E-state index contributed by atoms with van der Waals surface area (Å²) in [5.41, 5.74) is 7.75. The molecule has 6 nitrogen and oxygen atoms in total. The minimum Gasteiger partial charge on any atom is -0.370 e. The highest BCUT2D eigenvalue weighted by Crippen LogP contribution is 2.25. The highest BCUT2D eigenvalue weighted by Gasteiger charge is 2.22. The van der Waals surface area contributed by atoms with Crippen molar-refractivity contribution in [1.29, 1.82) is 0 Å². The number of aromatic nitrogens is 2. The van der Waals surface area contributed by atoms with Gasteiger partial charge in [-0.1, -0.05) is 30.3 Å². The van der Waals surface area contributed by atoms with Crippen LogP contribution in [0.5, 0.6) is 0 Å². The second-order valence-electron chi connectivity index (χ2n) is 6.50. The van der Waals surface area contributed by atoms with Gasteiger partial charge in [-0.05, 0) is 42.7 Å². The Kier molecular flexibility index (Phi) is 6.71. The van der Waals surface area contributed by atoms with Crippen molar-refractivity contribution >= 4 is 34.6 Å². The van der Waals surface area contributed by atoms with Gasteiger partial charge in [0.2, 0.25) is 5.91 Å². The van der Waals surface area contributed by atoms with Crippen LogP contribution in [-0.2, 0) is 11.3 Å². The lowest BCUT2D eigenvalue weighted by molar-refractivity contribution is -0.118. The number of hydrogen-bond donors (Lipinski definition) is 2. The van der Waals surface area contributed by atoms with Crippen LogP contribution in [0.2, 0.25) is 0 Å². The highest BCUT2D eigenvalue weighted by atomic mass is 32.2. The third-order valence-electron chi connectivity index (χ3n) is 4.53. The van der Waals surface area contributed by atoms with E-state index < -0.39 is 0 Å². The Labute approximate surface area is 168 Å². The SMILES string of the molecule is CSCC[C@H](NC(=O)c1ccccc1)c1nc2ccccc2n1CCC(N)=O. The van der Waals surface area contributed by atoms with Gasteiger partial charge in [0.25, 0.3) is 5.91 Å². The lowest BCUT2D eigenvalue weighted by Gasteiger charge is -2.20. The molecule has 0 bridgehead atoms. The molecule has 0 radical (unpaired) electrons. The minimum atomic E-state index is -0.363. The molecule has 0 fully saturated rings. The van der Waals surface area contributed by atoms with Crippen LogP contribution >= 0.6 is 11.8 Å². The van der Waals surface area contributed by atoms with Crippen LogP contribution in [0.4, 0.5) is 0 Å². The summed E-state index contributed by atoms with van der Waals surface area (Å²) in [5, 5.41) is 3.12. The molecule has 1 aromatic heterocycles. The zero-order valence-electron chi connectivity index (χ0n) is 15.8. The van der Waals surface area contributed by atoms with E-state index in [0.29, 0.717) is 12.1 Å². The number of imidazole rings is 1. The number of nitrogens with zero attached hydrogens (tertiary/aromatic N) is 2. The van der Waals surface area contributed by atoms with Crippen LogP contribution in [-0.4, -0.2) is 33.4 Å². The molecular weight excluding hydrogens is 372 g/mol. The summed E-state index contributed by atoms with van der Waals surface area (Å²) in [7, 11) is 0. The number of carbonyl (C=O) groups is 2. The van der Waals surface area contributed by atoms with E-state index in [4.69, 9.17) is 10.7 Å². The number of thioether (sulfide) groups is 1. The molecule has 0 saturated carbocycles. The number of primary amides is 1. The third kappa shape index (κ3) is 4.72. The first-order chi connectivity index (χ1) is 13.6. The highest BCUT2D eigenvalue weighted by molar-refractivity contribution is 7.98. The Morgan fingerprint density at radius 2 is 1.86 bits per heavy atom. The van der Waals surface area contributed by atoms with Gasteiger partial charge in [0.15, 0.2) is 0 Å². The number of hydrogen-bond acceptors (Lipinski definition) is 4. The van der Waals surface area contributed by atoms with Gasteiger partial charge < -0.3 is 15.6 Å². The van der Waals surface area contributed by atoms with E-state index in [1.807, 2.05) is 53.3 Å². The Hall–Kier alpha value is -2.80. The minimum absolute atomic E-state index is 0.139. The van der Waals surface area contributed by atoms with Gasteiger partial charge in [-0.15, -0.1) is 0 Å². The van der Waals surface area contributed by atoms with Gasteiger partial charge in [-0.25, -0.2) is 4.98 Å². The second-order valence-corrected chi connectivity index (χ2v) is 7.49. The predicted molar refractivity (Wildman–Crippen MR) is 113 cm³/mol. The first-order valence-electron chi connectivity index (χ1n) is 9.18. The summed E-state index contributed by atoms with van der Waals surface area (Å²) in [6, 6.07) is 16.6.